The molecular formula is C12H9F3N2O3. The summed E-state index contributed by atoms with van der Waals surface area (Å²) < 4.78 is 43.9. The topological polar surface area (TPSA) is 75.2 Å². The van der Waals surface area contributed by atoms with Crippen LogP contribution in [-0.4, -0.2) is 28.4 Å². The van der Waals surface area contributed by atoms with E-state index >= 15 is 0 Å². The number of halogens is 3. The van der Waals surface area contributed by atoms with Crippen LogP contribution in [0, 0.1) is 0 Å². The molecule has 0 amide bonds. The maximum atomic E-state index is 13.0. The van der Waals surface area contributed by atoms with E-state index in [4.69, 9.17) is 9.84 Å². The Hall–Kier alpha value is -2.51. The number of nitrogens with zero attached hydrogens (tertiary/aromatic N) is 1. The largest absolute Gasteiger partial charge is 0.496 e. The number of hydrogen-bond acceptors (Lipinski definition) is 3. The number of carbonyl (C=O) groups is 1. The third kappa shape index (κ3) is 2.44. The van der Waals surface area contributed by atoms with Gasteiger partial charge >= 0.3 is 12.1 Å². The molecule has 20 heavy (non-hydrogen) atoms. The molecular weight excluding hydrogens is 277 g/mol. The van der Waals surface area contributed by atoms with Crippen molar-refractivity contribution in [1.82, 2.24) is 10.2 Å². The number of carboxylic acids is 1. The lowest BCUT2D eigenvalue weighted by Gasteiger charge is -2.14. The van der Waals surface area contributed by atoms with E-state index in [0.29, 0.717) is 0 Å². The molecule has 2 rings (SSSR count). The molecule has 2 N–H and O–H groups in total. The van der Waals surface area contributed by atoms with Crippen LogP contribution < -0.4 is 4.74 Å². The summed E-state index contributed by atoms with van der Waals surface area (Å²) in [6, 6.07) is 4.46. The summed E-state index contributed by atoms with van der Waals surface area (Å²) in [7, 11) is 1.23. The maximum Gasteiger partial charge on any atom is 0.417 e. The van der Waals surface area contributed by atoms with E-state index in [1.165, 1.54) is 19.2 Å². The molecule has 5 nitrogen and oxygen atoms in total. The number of rotatable bonds is 3. The highest BCUT2D eigenvalue weighted by Gasteiger charge is 2.35. The first kappa shape index (κ1) is 13.9. The molecule has 0 aliphatic rings. The van der Waals surface area contributed by atoms with Crippen molar-refractivity contribution in [2.24, 2.45) is 0 Å². The summed E-state index contributed by atoms with van der Waals surface area (Å²) in [5.41, 5.74) is -1.70. The van der Waals surface area contributed by atoms with Gasteiger partial charge in [0.05, 0.1) is 23.9 Å². The van der Waals surface area contributed by atoms with E-state index in [-0.39, 0.29) is 22.7 Å². The summed E-state index contributed by atoms with van der Waals surface area (Å²) >= 11 is 0. The predicted molar refractivity (Wildman–Crippen MR) is 62.5 cm³/mol. The summed E-state index contributed by atoms with van der Waals surface area (Å²) in [5, 5.41) is 14.5. The number of aromatic nitrogens is 2. The second kappa shape index (κ2) is 4.87. The quantitative estimate of drug-likeness (QED) is 0.909. The van der Waals surface area contributed by atoms with Crippen molar-refractivity contribution in [2.75, 3.05) is 7.11 Å². The fraction of sp³-hybridized carbons (Fsp3) is 0.167. The van der Waals surface area contributed by atoms with Crippen LogP contribution in [0.3, 0.4) is 0 Å². The first-order valence-corrected chi connectivity index (χ1v) is 5.38. The van der Waals surface area contributed by atoms with Crippen LogP contribution in [0.4, 0.5) is 13.2 Å². The molecule has 0 unspecified atom stereocenters. The fourth-order valence-corrected chi connectivity index (χ4v) is 1.76. The number of alkyl halides is 3. The lowest BCUT2D eigenvalue weighted by atomic mass is 10.0. The molecule has 0 saturated heterocycles. The molecule has 1 aromatic carbocycles. The lowest BCUT2D eigenvalue weighted by molar-refractivity contribution is -0.137. The third-order valence-electron chi connectivity index (χ3n) is 2.62. The van der Waals surface area contributed by atoms with E-state index in [9.17, 15) is 18.0 Å². The standard InChI is InChI=1S/C12H9F3N2O3/c1-20-9-4-2-3-6(12(13,14)15)10(9)7-5-8(11(18)19)17-16-7/h2-5H,1H3,(H,16,17)(H,18,19). The van der Waals surface area contributed by atoms with Gasteiger partial charge in [-0.25, -0.2) is 4.79 Å². The van der Waals surface area contributed by atoms with Crippen LogP contribution in [-0.2, 0) is 6.18 Å². The monoisotopic (exact) mass is 286 g/mol. The van der Waals surface area contributed by atoms with Gasteiger partial charge in [0, 0.05) is 0 Å². The Morgan fingerprint density at radius 2 is 2.10 bits per heavy atom. The van der Waals surface area contributed by atoms with Crippen molar-refractivity contribution < 1.29 is 27.8 Å². The number of methoxy groups -OCH3 is 1. The molecule has 0 saturated carbocycles. The summed E-state index contributed by atoms with van der Waals surface area (Å²) in [4.78, 5) is 10.8. The normalized spacial score (nSPS) is 11.4. The third-order valence-corrected chi connectivity index (χ3v) is 2.62. The molecule has 1 aromatic heterocycles. The van der Waals surface area contributed by atoms with Crippen molar-refractivity contribution in [3.05, 3.63) is 35.5 Å². The second-order valence-electron chi connectivity index (χ2n) is 3.85. The minimum Gasteiger partial charge on any atom is -0.496 e. The van der Waals surface area contributed by atoms with Gasteiger partial charge in [-0.05, 0) is 18.2 Å². The van der Waals surface area contributed by atoms with Gasteiger partial charge < -0.3 is 9.84 Å². The van der Waals surface area contributed by atoms with Crippen molar-refractivity contribution in [3.8, 4) is 17.0 Å². The molecule has 0 fully saturated rings. The highest BCUT2D eigenvalue weighted by Crippen LogP contribution is 2.41. The minimum absolute atomic E-state index is 0.0386. The van der Waals surface area contributed by atoms with Gasteiger partial charge in [-0.2, -0.15) is 18.3 Å². The summed E-state index contributed by atoms with van der Waals surface area (Å²) in [5.74, 6) is -1.35. The Balaban J connectivity index is 2.66. The number of aromatic carboxylic acids is 1. The average molecular weight is 286 g/mol. The molecule has 2 aromatic rings. The summed E-state index contributed by atoms with van der Waals surface area (Å²) in [6.45, 7) is 0. The van der Waals surface area contributed by atoms with Gasteiger partial charge in [-0.1, -0.05) is 6.07 Å². The zero-order valence-electron chi connectivity index (χ0n) is 10.2. The van der Waals surface area contributed by atoms with E-state index in [2.05, 4.69) is 10.2 Å². The number of carboxylic acid groups (broad SMARTS) is 1. The number of benzene rings is 1. The zero-order chi connectivity index (χ0) is 14.9. The number of nitrogens with one attached hydrogen (secondary N) is 1. The predicted octanol–water partition coefficient (Wildman–Crippen LogP) is 2.80. The van der Waals surface area contributed by atoms with E-state index in [1.54, 1.807) is 0 Å². The molecule has 106 valence electrons. The molecule has 0 bridgehead atoms. The van der Waals surface area contributed by atoms with Gasteiger partial charge in [-0.15, -0.1) is 0 Å². The van der Waals surface area contributed by atoms with E-state index < -0.39 is 17.7 Å². The van der Waals surface area contributed by atoms with Gasteiger partial charge in [0.1, 0.15) is 11.4 Å². The molecule has 0 atom stereocenters. The highest BCUT2D eigenvalue weighted by molar-refractivity contribution is 5.87. The zero-order valence-corrected chi connectivity index (χ0v) is 10.2. The van der Waals surface area contributed by atoms with Crippen LogP contribution in [0.15, 0.2) is 24.3 Å². The lowest BCUT2D eigenvalue weighted by Crippen LogP contribution is -2.08. The Kier molecular flexibility index (Phi) is 3.39. The van der Waals surface area contributed by atoms with Gasteiger partial charge in [-0.3, -0.25) is 5.10 Å². The SMILES string of the molecule is COc1cccc(C(F)(F)F)c1-c1cc(C(=O)O)[nH]n1. The van der Waals surface area contributed by atoms with Crippen molar-refractivity contribution in [3.63, 3.8) is 0 Å². The van der Waals surface area contributed by atoms with Crippen LogP contribution in [0.25, 0.3) is 11.3 Å². The molecule has 0 radical (unpaired) electrons. The van der Waals surface area contributed by atoms with Crippen LogP contribution >= 0.6 is 0 Å². The second-order valence-corrected chi connectivity index (χ2v) is 3.85. The van der Waals surface area contributed by atoms with Crippen LogP contribution in [0.5, 0.6) is 5.75 Å². The molecule has 1 heterocycles. The first-order valence-electron chi connectivity index (χ1n) is 5.38. The van der Waals surface area contributed by atoms with Crippen molar-refractivity contribution in [1.29, 1.82) is 0 Å². The Labute approximate surface area is 111 Å². The Bertz CT molecular complexity index is 650. The van der Waals surface area contributed by atoms with Crippen molar-refractivity contribution >= 4 is 5.97 Å². The van der Waals surface area contributed by atoms with Gasteiger partial charge in [0.2, 0.25) is 0 Å². The van der Waals surface area contributed by atoms with Gasteiger partial charge in [0.25, 0.3) is 0 Å². The van der Waals surface area contributed by atoms with E-state index in [1.807, 2.05) is 0 Å². The first-order chi connectivity index (χ1) is 9.34. The van der Waals surface area contributed by atoms with Crippen LogP contribution in [0.1, 0.15) is 16.1 Å². The molecule has 0 aliphatic heterocycles. The van der Waals surface area contributed by atoms with E-state index in [0.717, 1.165) is 12.1 Å². The Morgan fingerprint density at radius 1 is 1.40 bits per heavy atom. The molecule has 0 aliphatic carbocycles. The number of aromatic amines is 1. The number of ether oxygens (including phenoxy) is 1. The van der Waals surface area contributed by atoms with Crippen molar-refractivity contribution in [2.45, 2.75) is 6.18 Å². The summed E-state index contributed by atoms with van der Waals surface area (Å²) in [6.07, 6.45) is -4.60. The fourth-order valence-electron chi connectivity index (χ4n) is 1.76. The highest BCUT2D eigenvalue weighted by atomic mass is 19.4. The van der Waals surface area contributed by atoms with Crippen LogP contribution in [0.2, 0.25) is 0 Å². The molecule has 0 spiro atoms. The smallest absolute Gasteiger partial charge is 0.417 e. The Morgan fingerprint density at radius 3 is 2.60 bits per heavy atom. The molecule has 8 heteroatoms. The van der Waals surface area contributed by atoms with Gasteiger partial charge in [0.15, 0.2) is 0 Å². The average Bonchev–Trinajstić information content (AvgIpc) is 2.86. The minimum atomic E-state index is -4.60. The number of hydrogen-bond donors (Lipinski definition) is 2. The number of H-pyrrole nitrogens is 1. The maximum absolute atomic E-state index is 13.0.